The van der Waals surface area contributed by atoms with Crippen LogP contribution in [-0.2, 0) is 4.74 Å². The topological polar surface area (TPSA) is 78.9 Å². The molecule has 1 heterocycles. The third kappa shape index (κ3) is 5.76. The number of hydrogen-bond donors (Lipinski definition) is 3. The molecule has 0 saturated carbocycles. The van der Waals surface area contributed by atoms with Gasteiger partial charge in [0.05, 0.1) is 16.7 Å². The SMILES string of the molecule is CC(C)(O)COC1=C(Cl)CC(C(O)[C@H](N)CN2CCCC2)C=C1. The number of hydrogen-bond acceptors (Lipinski definition) is 5. The predicted octanol–water partition coefficient (Wildman–Crippen LogP) is 1.58. The van der Waals surface area contributed by atoms with E-state index in [1.807, 2.05) is 6.08 Å². The Morgan fingerprint density at radius 2 is 2.09 bits per heavy atom. The second-order valence-electron chi connectivity index (χ2n) is 7.26. The highest BCUT2D eigenvalue weighted by atomic mass is 35.5. The highest BCUT2D eigenvalue weighted by molar-refractivity contribution is 6.30. The van der Waals surface area contributed by atoms with Crippen LogP contribution in [0.2, 0.25) is 0 Å². The van der Waals surface area contributed by atoms with Crippen LogP contribution >= 0.6 is 11.6 Å². The molecule has 2 rings (SSSR count). The molecule has 0 bridgehead atoms. The normalized spacial score (nSPS) is 25.7. The summed E-state index contributed by atoms with van der Waals surface area (Å²) in [5.74, 6) is 0.458. The van der Waals surface area contributed by atoms with Crippen LogP contribution in [0.4, 0.5) is 0 Å². The summed E-state index contributed by atoms with van der Waals surface area (Å²) in [6.45, 7) is 6.38. The Balaban J connectivity index is 1.86. The van der Waals surface area contributed by atoms with E-state index in [2.05, 4.69) is 4.90 Å². The van der Waals surface area contributed by atoms with Crippen molar-refractivity contribution in [2.45, 2.75) is 50.9 Å². The lowest BCUT2D eigenvalue weighted by molar-refractivity contribution is 0.00459. The zero-order valence-corrected chi connectivity index (χ0v) is 14.8. The fourth-order valence-electron chi connectivity index (χ4n) is 2.98. The summed E-state index contributed by atoms with van der Waals surface area (Å²) < 4.78 is 5.55. The van der Waals surface area contributed by atoms with E-state index >= 15 is 0 Å². The fraction of sp³-hybridized carbons (Fsp3) is 0.765. The van der Waals surface area contributed by atoms with E-state index in [1.54, 1.807) is 19.9 Å². The van der Waals surface area contributed by atoms with Crippen molar-refractivity contribution in [2.75, 3.05) is 26.2 Å². The number of likely N-dealkylation sites (tertiary alicyclic amines) is 1. The number of ether oxygens (including phenoxy) is 1. The average molecular weight is 345 g/mol. The van der Waals surface area contributed by atoms with Gasteiger partial charge in [-0.1, -0.05) is 17.7 Å². The Bertz CT molecular complexity index is 453. The van der Waals surface area contributed by atoms with Gasteiger partial charge in [-0.25, -0.2) is 0 Å². The zero-order chi connectivity index (χ0) is 17.0. The number of aliphatic hydroxyl groups is 2. The number of nitrogens with zero attached hydrogens (tertiary/aromatic N) is 1. The Hall–Kier alpha value is -0.590. The van der Waals surface area contributed by atoms with Gasteiger partial charge in [0.15, 0.2) is 0 Å². The van der Waals surface area contributed by atoms with Gasteiger partial charge in [-0.05, 0) is 52.3 Å². The third-order valence-corrected chi connectivity index (χ3v) is 4.64. The van der Waals surface area contributed by atoms with Gasteiger partial charge in [0.1, 0.15) is 12.4 Å². The van der Waals surface area contributed by atoms with Gasteiger partial charge in [-0.3, -0.25) is 0 Å². The van der Waals surface area contributed by atoms with Crippen molar-refractivity contribution in [3.05, 3.63) is 22.9 Å². The summed E-state index contributed by atoms with van der Waals surface area (Å²) in [4.78, 5) is 2.30. The molecule has 1 fully saturated rings. The van der Waals surface area contributed by atoms with Crippen LogP contribution in [0.25, 0.3) is 0 Å². The molecule has 0 aromatic rings. The van der Waals surface area contributed by atoms with E-state index in [1.165, 1.54) is 12.8 Å². The van der Waals surface area contributed by atoms with Crippen molar-refractivity contribution in [3.63, 3.8) is 0 Å². The first-order valence-electron chi connectivity index (χ1n) is 8.34. The fourth-order valence-corrected chi connectivity index (χ4v) is 3.28. The van der Waals surface area contributed by atoms with Crippen LogP contribution in [0.5, 0.6) is 0 Å². The molecule has 2 unspecified atom stereocenters. The lowest BCUT2D eigenvalue weighted by Gasteiger charge is -2.30. The molecule has 1 aliphatic carbocycles. The van der Waals surface area contributed by atoms with E-state index in [4.69, 9.17) is 22.1 Å². The van der Waals surface area contributed by atoms with Crippen molar-refractivity contribution in [2.24, 2.45) is 11.7 Å². The highest BCUT2D eigenvalue weighted by Gasteiger charge is 2.29. The minimum atomic E-state index is -0.910. The van der Waals surface area contributed by atoms with Crippen molar-refractivity contribution < 1.29 is 14.9 Å². The third-order valence-electron chi connectivity index (χ3n) is 4.30. The molecule has 1 aliphatic heterocycles. The van der Waals surface area contributed by atoms with Crippen molar-refractivity contribution in [1.82, 2.24) is 4.90 Å². The summed E-state index contributed by atoms with van der Waals surface area (Å²) in [5.41, 5.74) is 5.26. The highest BCUT2D eigenvalue weighted by Crippen LogP contribution is 2.30. The van der Waals surface area contributed by atoms with E-state index in [-0.39, 0.29) is 18.6 Å². The molecule has 0 aromatic carbocycles. The molecule has 132 valence electrons. The lowest BCUT2D eigenvalue weighted by atomic mass is 9.89. The largest absolute Gasteiger partial charge is 0.489 e. The smallest absolute Gasteiger partial charge is 0.133 e. The van der Waals surface area contributed by atoms with Gasteiger partial charge in [0.2, 0.25) is 0 Å². The summed E-state index contributed by atoms with van der Waals surface area (Å²) in [6, 6.07) is -0.286. The Morgan fingerprint density at radius 1 is 1.43 bits per heavy atom. The van der Waals surface area contributed by atoms with Gasteiger partial charge in [0, 0.05) is 18.5 Å². The van der Waals surface area contributed by atoms with Crippen molar-refractivity contribution >= 4 is 11.6 Å². The molecule has 5 nitrogen and oxygen atoms in total. The number of aliphatic hydroxyl groups excluding tert-OH is 1. The maximum Gasteiger partial charge on any atom is 0.133 e. The molecular weight excluding hydrogens is 316 g/mol. The first kappa shape index (κ1) is 18.7. The predicted molar refractivity (Wildman–Crippen MR) is 92.0 cm³/mol. The van der Waals surface area contributed by atoms with Crippen LogP contribution in [0, 0.1) is 5.92 Å². The van der Waals surface area contributed by atoms with Gasteiger partial charge < -0.3 is 25.6 Å². The summed E-state index contributed by atoms with van der Waals surface area (Å²) in [7, 11) is 0. The van der Waals surface area contributed by atoms with Crippen LogP contribution in [0.15, 0.2) is 22.9 Å². The number of allylic oxidation sites excluding steroid dienone is 2. The zero-order valence-electron chi connectivity index (χ0n) is 14.0. The quantitative estimate of drug-likeness (QED) is 0.653. The lowest BCUT2D eigenvalue weighted by Crippen LogP contribution is -2.47. The second-order valence-corrected chi connectivity index (χ2v) is 7.72. The number of rotatable bonds is 7. The molecule has 6 heteroatoms. The van der Waals surface area contributed by atoms with Crippen molar-refractivity contribution in [3.8, 4) is 0 Å². The summed E-state index contributed by atoms with van der Waals surface area (Å²) in [6.07, 6.45) is 5.98. The van der Waals surface area contributed by atoms with E-state index in [9.17, 15) is 10.2 Å². The molecule has 0 spiro atoms. The minimum Gasteiger partial charge on any atom is -0.489 e. The van der Waals surface area contributed by atoms with E-state index in [0.29, 0.717) is 17.2 Å². The molecule has 0 amide bonds. The first-order valence-corrected chi connectivity index (χ1v) is 8.72. The van der Waals surface area contributed by atoms with Gasteiger partial charge in [-0.2, -0.15) is 0 Å². The molecule has 0 aromatic heterocycles. The standard InChI is InChI=1S/C17H29ClN2O3/c1-17(2,22)11-23-15-6-5-12(9-13(15)18)16(21)14(19)10-20-7-3-4-8-20/h5-6,12,14,16,21-22H,3-4,7-11,19H2,1-2H3/t12?,14-,16?/m1/s1. The maximum absolute atomic E-state index is 10.5. The molecule has 3 atom stereocenters. The molecular formula is C17H29ClN2O3. The molecule has 1 saturated heterocycles. The van der Waals surface area contributed by atoms with Crippen LogP contribution in [0.3, 0.4) is 0 Å². The maximum atomic E-state index is 10.5. The Labute approximate surface area is 143 Å². The van der Waals surface area contributed by atoms with E-state index < -0.39 is 11.7 Å². The van der Waals surface area contributed by atoms with Crippen LogP contribution in [0.1, 0.15) is 33.1 Å². The summed E-state index contributed by atoms with van der Waals surface area (Å²) in [5, 5.41) is 20.8. The Morgan fingerprint density at radius 3 is 2.65 bits per heavy atom. The number of nitrogens with two attached hydrogens (primary N) is 1. The van der Waals surface area contributed by atoms with Crippen molar-refractivity contribution in [1.29, 1.82) is 0 Å². The van der Waals surface area contributed by atoms with Crippen LogP contribution in [-0.4, -0.2) is 59.1 Å². The second kappa shape index (κ2) is 7.99. The minimum absolute atomic E-state index is 0.102. The number of halogens is 1. The van der Waals surface area contributed by atoms with Gasteiger partial charge in [0.25, 0.3) is 0 Å². The van der Waals surface area contributed by atoms with Gasteiger partial charge >= 0.3 is 0 Å². The average Bonchev–Trinajstić information content (AvgIpc) is 2.97. The Kier molecular flexibility index (Phi) is 6.51. The monoisotopic (exact) mass is 344 g/mol. The van der Waals surface area contributed by atoms with Gasteiger partial charge in [-0.15, -0.1) is 0 Å². The first-order chi connectivity index (χ1) is 10.8. The van der Waals surface area contributed by atoms with E-state index in [0.717, 1.165) is 19.6 Å². The molecule has 4 N–H and O–H groups in total. The molecule has 2 aliphatic rings. The molecule has 0 radical (unpaired) electrons. The van der Waals surface area contributed by atoms with Crippen LogP contribution < -0.4 is 5.73 Å². The summed E-state index contributed by atoms with van der Waals surface area (Å²) >= 11 is 6.28. The molecule has 23 heavy (non-hydrogen) atoms.